The fourth-order valence-corrected chi connectivity index (χ4v) is 3.42. The van der Waals surface area contributed by atoms with Crippen molar-refractivity contribution in [2.24, 2.45) is 0 Å². The van der Waals surface area contributed by atoms with Crippen LogP contribution < -0.4 is 10.6 Å². The third-order valence-electron chi connectivity index (χ3n) is 4.99. The van der Waals surface area contributed by atoms with E-state index >= 15 is 0 Å². The second-order valence-corrected chi connectivity index (χ2v) is 7.05. The van der Waals surface area contributed by atoms with Crippen LogP contribution in [-0.4, -0.2) is 55.0 Å². The summed E-state index contributed by atoms with van der Waals surface area (Å²) >= 11 is 0. The lowest BCUT2D eigenvalue weighted by Gasteiger charge is -2.34. The fraction of sp³-hybridized carbons (Fsp3) is 0.409. The smallest absolute Gasteiger partial charge is 0.308 e. The highest BCUT2D eigenvalue weighted by molar-refractivity contribution is 5.96. The lowest BCUT2D eigenvalue weighted by atomic mass is 10.1. The maximum absolute atomic E-state index is 12.8. The van der Waals surface area contributed by atoms with Gasteiger partial charge in [0.15, 0.2) is 0 Å². The third kappa shape index (κ3) is 5.25. The number of amides is 2. The molecule has 1 atom stereocenters. The van der Waals surface area contributed by atoms with Crippen molar-refractivity contribution in [1.29, 1.82) is 0 Å². The predicted molar refractivity (Wildman–Crippen MR) is 111 cm³/mol. The maximum atomic E-state index is 12.8. The Morgan fingerprint density at radius 3 is 2.83 bits per heavy atom. The van der Waals surface area contributed by atoms with Crippen LogP contribution in [0.3, 0.4) is 0 Å². The standard InChI is InChI=1S/C22H27N3O4/c1-2-3-13-29-21(27)14-19-22(28)23-11-12-25(19)20(26)15-24-18-10-6-8-16-7-4-5-9-17(16)18/h4-10,19,24H,2-3,11-15H2,1H3,(H,23,28). The number of nitrogens with zero attached hydrogens (tertiary/aromatic N) is 1. The molecule has 29 heavy (non-hydrogen) atoms. The largest absolute Gasteiger partial charge is 0.466 e. The highest BCUT2D eigenvalue weighted by Crippen LogP contribution is 2.23. The van der Waals surface area contributed by atoms with Gasteiger partial charge in [-0.3, -0.25) is 14.4 Å². The van der Waals surface area contributed by atoms with Crippen molar-refractivity contribution in [2.75, 3.05) is 31.6 Å². The number of ether oxygens (including phenoxy) is 1. The Hall–Kier alpha value is -3.09. The van der Waals surface area contributed by atoms with E-state index < -0.39 is 12.0 Å². The zero-order valence-corrected chi connectivity index (χ0v) is 16.6. The highest BCUT2D eigenvalue weighted by atomic mass is 16.5. The lowest BCUT2D eigenvalue weighted by Crippen LogP contribution is -2.58. The van der Waals surface area contributed by atoms with Crippen LogP contribution in [0.2, 0.25) is 0 Å². The van der Waals surface area contributed by atoms with Crippen LogP contribution >= 0.6 is 0 Å². The molecule has 1 saturated heterocycles. The Bertz CT molecular complexity index is 878. The molecule has 2 N–H and O–H groups in total. The summed E-state index contributed by atoms with van der Waals surface area (Å²) in [4.78, 5) is 38.7. The van der Waals surface area contributed by atoms with Crippen molar-refractivity contribution >= 4 is 34.2 Å². The van der Waals surface area contributed by atoms with Gasteiger partial charge in [-0.2, -0.15) is 0 Å². The van der Waals surface area contributed by atoms with Gasteiger partial charge >= 0.3 is 5.97 Å². The van der Waals surface area contributed by atoms with E-state index in [2.05, 4.69) is 10.6 Å². The molecule has 3 rings (SSSR count). The molecular weight excluding hydrogens is 370 g/mol. The van der Waals surface area contributed by atoms with Gasteiger partial charge in [0, 0.05) is 24.2 Å². The summed E-state index contributed by atoms with van der Waals surface area (Å²) in [6.07, 6.45) is 1.57. The van der Waals surface area contributed by atoms with Crippen LogP contribution in [0, 0.1) is 0 Å². The van der Waals surface area contributed by atoms with Gasteiger partial charge in [0.05, 0.1) is 19.6 Å². The summed E-state index contributed by atoms with van der Waals surface area (Å²) in [5, 5.41) is 8.00. The van der Waals surface area contributed by atoms with Crippen molar-refractivity contribution in [2.45, 2.75) is 32.2 Å². The minimum Gasteiger partial charge on any atom is -0.466 e. The fourth-order valence-electron chi connectivity index (χ4n) is 3.42. The number of unbranched alkanes of at least 4 members (excludes halogenated alkanes) is 1. The van der Waals surface area contributed by atoms with Crippen LogP contribution in [0.5, 0.6) is 0 Å². The van der Waals surface area contributed by atoms with Gasteiger partial charge in [-0.1, -0.05) is 49.7 Å². The van der Waals surface area contributed by atoms with Gasteiger partial charge in [0.1, 0.15) is 6.04 Å². The summed E-state index contributed by atoms with van der Waals surface area (Å²) in [5.74, 6) is -0.998. The number of benzene rings is 2. The first-order valence-corrected chi connectivity index (χ1v) is 10.0. The minimum absolute atomic E-state index is 0.0443. The van der Waals surface area contributed by atoms with Crippen molar-refractivity contribution in [3.8, 4) is 0 Å². The van der Waals surface area contributed by atoms with Gasteiger partial charge in [-0.05, 0) is 17.9 Å². The molecule has 154 valence electrons. The van der Waals surface area contributed by atoms with E-state index in [4.69, 9.17) is 4.74 Å². The molecule has 1 fully saturated rings. The van der Waals surface area contributed by atoms with Crippen molar-refractivity contribution in [3.63, 3.8) is 0 Å². The first kappa shape index (κ1) is 20.6. The normalized spacial score (nSPS) is 16.4. The van der Waals surface area contributed by atoms with Crippen LogP contribution in [0.1, 0.15) is 26.2 Å². The van der Waals surface area contributed by atoms with Crippen LogP contribution in [0.25, 0.3) is 10.8 Å². The summed E-state index contributed by atoms with van der Waals surface area (Å²) in [6, 6.07) is 12.9. The van der Waals surface area contributed by atoms with Gasteiger partial charge in [0.2, 0.25) is 11.8 Å². The van der Waals surface area contributed by atoms with Gasteiger partial charge in [-0.25, -0.2) is 0 Å². The molecular formula is C22H27N3O4. The lowest BCUT2D eigenvalue weighted by molar-refractivity contribution is -0.151. The third-order valence-corrected chi connectivity index (χ3v) is 4.99. The molecule has 0 radical (unpaired) electrons. The Morgan fingerprint density at radius 2 is 2.00 bits per heavy atom. The maximum Gasteiger partial charge on any atom is 0.308 e. The number of nitrogens with one attached hydrogen (secondary N) is 2. The summed E-state index contributed by atoms with van der Waals surface area (Å²) in [7, 11) is 0. The summed E-state index contributed by atoms with van der Waals surface area (Å²) < 4.78 is 5.17. The number of fused-ring (bicyclic) bond motifs is 1. The van der Waals surface area contributed by atoms with Crippen molar-refractivity contribution < 1.29 is 19.1 Å². The molecule has 1 unspecified atom stereocenters. The number of esters is 1. The molecule has 2 amide bonds. The predicted octanol–water partition coefficient (Wildman–Crippen LogP) is 2.31. The SMILES string of the molecule is CCCCOC(=O)CC1C(=O)NCCN1C(=O)CNc1cccc2ccccc12. The van der Waals surface area contributed by atoms with E-state index in [-0.39, 0.29) is 24.8 Å². The zero-order valence-electron chi connectivity index (χ0n) is 16.6. The molecule has 1 aliphatic rings. The topological polar surface area (TPSA) is 87.7 Å². The number of carbonyl (C=O) groups excluding carboxylic acids is 3. The monoisotopic (exact) mass is 397 g/mol. The quantitative estimate of drug-likeness (QED) is 0.527. The number of hydrogen-bond donors (Lipinski definition) is 2. The molecule has 1 heterocycles. The van der Waals surface area contributed by atoms with Crippen LogP contribution in [-0.2, 0) is 19.1 Å². The average molecular weight is 397 g/mol. The number of hydrogen-bond acceptors (Lipinski definition) is 5. The minimum atomic E-state index is -0.834. The van der Waals surface area contributed by atoms with E-state index in [1.54, 1.807) is 0 Å². The highest BCUT2D eigenvalue weighted by Gasteiger charge is 2.34. The molecule has 7 heteroatoms. The Morgan fingerprint density at radius 1 is 1.21 bits per heavy atom. The van der Waals surface area contributed by atoms with Crippen molar-refractivity contribution in [1.82, 2.24) is 10.2 Å². The number of piperazine rings is 1. The Labute approximate surface area is 170 Å². The first-order chi connectivity index (χ1) is 14.1. The second kappa shape index (κ2) is 9.91. The van der Waals surface area contributed by atoms with Crippen LogP contribution in [0.15, 0.2) is 42.5 Å². The van der Waals surface area contributed by atoms with Gasteiger partial charge in [-0.15, -0.1) is 0 Å². The number of rotatable bonds is 8. The molecule has 0 spiro atoms. The zero-order chi connectivity index (χ0) is 20.6. The molecule has 2 aromatic rings. The van der Waals surface area contributed by atoms with Crippen LogP contribution in [0.4, 0.5) is 5.69 Å². The molecule has 7 nitrogen and oxygen atoms in total. The molecule has 1 aliphatic heterocycles. The molecule has 0 aromatic heterocycles. The van der Waals surface area contributed by atoms with Gasteiger partial charge < -0.3 is 20.3 Å². The Kier molecular flexibility index (Phi) is 7.05. The summed E-state index contributed by atoms with van der Waals surface area (Å²) in [6.45, 7) is 3.13. The van der Waals surface area contributed by atoms with E-state index in [1.807, 2.05) is 49.4 Å². The van der Waals surface area contributed by atoms with Gasteiger partial charge in [0.25, 0.3) is 0 Å². The molecule has 0 saturated carbocycles. The first-order valence-electron chi connectivity index (χ1n) is 10.0. The molecule has 0 aliphatic carbocycles. The molecule has 0 bridgehead atoms. The Balaban J connectivity index is 1.64. The average Bonchev–Trinajstić information content (AvgIpc) is 2.73. The summed E-state index contributed by atoms with van der Waals surface area (Å²) in [5.41, 5.74) is 0.855. The van der Waals surface area contributed by atoms with E-state index in [1.165, 1.54) is 4.90 Å². The number of anilines is 1. The van der Waals surface area contributed by atoms with E-state index in [9.17, 15) is 14.4 Å². The van der Waals surface area contributed by atoms with E-state index in [0.29, 0.717) is 19.7 Å². The second-order valence-electron chi connectivity index (χ2n) is 7.05. The molecule has 2 aromatic carbocycles. The van der Waals surface area contributed by atoms with Crippen molar-refractivity contribution in [3.05, 3.63) is 42.5 Å². The number of carbonyl (C=O) groups is 3. The van der Waals surface area contributed by atoms with E-state index in [0.717, 1.165) is 29.3 Å².